The number of thiocarbonyl (C=S) groups is 1. The van der Waals surface area contributed by atoms with Crippen LogP contribution in [0.25, 0.3) is 0 Å². The average Bonchev–Trinajstić information content (AvgIpc) is 2.63. The lowest BCUT2D eigenvalue weighted by Crippen LogP contribution is -2.35. The Balaban J connectivity index is 1.93. The first-order chi connectivity index (χ1) is 12.5. The molecule has 0 bridgehead atoms. The molecule has 0 radical (unpaired) electrons. The maximum atomic E-state index is 12.5. The predicted molar refractivity (Wildman–Crippen MR) is 112 cm³/mol. The Labute approximate surface area is 160 Å². The molecule has 0 fully saturated rings. The zero-order chi connectivity index (χ0) is 18.9. The van der Waals surface area contributed by atoms with Crippen molar-refractivity contribution in [1.29, 1.82) is 0 Å². The molecular formula is C20H26N4OS. The molecular weight excluding hydrogens is 344 g/mol. The first kappa shape index (κ1) is 19.8. The van der Waals surface area contributed by atoms with E-state index in [9.17, 15) is 4.79 Å². The van der Waals surface area contributed by atoms with Crippen LogP contribution in [0.3, 0.4) is 0 Å². The van der Waals surface area contributed by atoms with Gasteiger partial charge < -0.3 is 10.2 Å². The molecule has 0 aliphatic rings. The maximum absolute atomic E-state index is 12.5. The van der Waals surface area contributed by atoms with Crippen LogP contribution >= 0.6 is 12.2 Å². The Morgan fingerprint density at radius 2 is 1.88 bits per heavy atom. The molecule has 1 aromatic carbocycles. The highest BCUT2D eigenvalue weighted by molar-refractivity contribution is 7.80. The highest BCUT2D eigenvalue weighted by atomic mass is 32.1. The number of pyridine rings is 1. The highest BCUT2D eigenvalue weighted by Gasteiger charge is 2.14. The van der Waals surface area contributed by atoms with Gasteiger partial charge in [-0.05, 0) is 54.9 Å². The summed E-state index contributed by atoms with van der Waals surface area (Å²) in [5, 5.41) is 6.03. The number of hydrogen-bond donors (Lipinski definition) is 2. The first-order valence-electron chi connectivity index (χ1n) is 8.85. The van der Waals surface area contributed by atoms with Gasteiger partial charge >= 0.3 is 0 Å². The van der Waals surface area contributed by atoms with E-state index in [1.807, 2.05) is 26.2 Å². The third kappa shape index (κ3) is 5.81. The number of carbonyl (C=O) groups excluding carboxylic acids is 1. The molecule has 26 heavy (non-hydrogen) atoms. The summed E-state index contributed by atoms with van der Waals surface area (Å²) >= 11 is 5.26. The molecule has 0 aliphatic carbocycles. The quantitative estimate of drug-likeness (QED) is 0.570. The van der Waals surface area contributed by atoms with Crippen molar-refractivity contribution in [3.05, 3.63) is 53.7 Å². The van der Waals surface area contributed by atoms with E-state index < -0.39 is 0 Å². The first-order valence-corrected chi connectivity index (χ1v) is 9.25. The summed E-state index contributed by atoms with van der Waals surface area (Å²) in [5.74, 6) is 0.319. The van der Waals surface area contributed by atoms with Crippen molar-refractivity contribution in [2.75, 3.05) is 24.3 Å². The molecule has 2 aromatic rings. The third-order valence-corrected chi connectivity index (χ3v) is 4.17. The Kier molecular flexibility index (Phi) is 7.53. The summed E-state index contributed by atoms with van der Waals surface area (Å²) in [6, 6.07) is 11.6. The van der Waals surface area contributed by atoms with Gasteiger partial charge in [0.2, 0.25) is 0 Å². The van der Waals surface area contributed by atoms with Crippen LogP contribution < -0.4 is 15.5 Å². The second-order valence-electron chi connectivity index (χ2n) is 6.33. The second kappa shape index (κ2) is 9.87. The van der Waals surface area contributed by atoms with E-state index in [1.165, 1.54) is 24.8 Å². The van der Waals surface area contributed by atoms with Gasteiger partial charge in [0.1, 0.15) is 5.82 Å². The van der Waals surface area contributed by atoms with E-state index in [2.05, 4.69) is 34.7 Å². The van der Waals surface area contributed by atoms with Crippen molar-refractivity contribution in [3.63, 3.8) is 0 Å². The molecule has 0 spiro atoms. The number of unbranched alkanes of at least 4 members (excludes halogenated alkanes) is 2. The van der Waals surface area contributed by atoms with Crippen LogP contribution in [0.2, 0.25) is 0 Å². The standard InChI is InChI=1S/C20H26N4OS/c1-4-5-6-8-15-10-12-16(13-11-15)22-20(26)23-19(25)17-9-7-14-21-18(17)24(2)3/h7,9-14H,4-6,8H2,1-3H3,(H2,22,23,25,26). The van der Waals surface area contributed by atoms with Crippen LogP contribution in [0.1, 0.15) is 42.1 Å². The number of hydrogen-bond acceptors (Lipinski definition) is 4. The smallest absolute Gasteiger partial charge is 0.261 e. The van der Waals surface area contributed by atoms with Crippen molar-refractivity contribution in [1.82, 2.24) is 10.3 Å². The molecule has 0 aliphatic heterocycles. The number of aryl methyl sites for hydroxylation is 1. The van der Waals surface area contributed by atoms with Crippen LogP contribution in [-0.4, -0.2) is 30.1 Å². The summed E-state index contributed by atoms with van der Waals surface area (Å²) in [6.07, 6.45) is 6.42. The molecule has 5 nitrogen and oxygen atoms in total. The Morgan fingerprint density at radius 3 is 2.54 bits per heavy atom. The van der Waals surface area contributed by atoms with Gasteiger partial charge in [-0.2, -0.15) is 0 Å². The molecule has 138 valence electrons. The number of nitrogens with one attached hydrogen (secondary N) is 2. The molecule has 1 amide bonds. The normalized spacial score (nSPS) is 10.3. The fourth-order valence-corrected chi connectivity index (χ4v) is 2.81. The molecule has 1 aromatic heterocycles. The van der Waals surface area contributed by atoms with Gasteiger partial charge in [0.15, 0.2) is 5.11 Å². The minimum Gasteiger partial charge on any atom is -0.362 e. The lowest BCUT2D eigenvalue weighted by Gasteiger charge is -2.16. The molecule has 0 atom stereocenters. The number of nitrogens with zero attached hydrogens (tertiary/aromatic N) is 2. The maximum Gasteiger partial charge on any atom is 0.261 e. The molecule has 0 unspecified atom stereocenters. The number of anilines is 2. The molecule has 6 heteroatoms. The Morgan fingerprint density at radius 1 is 1.15 bits per heavy atom. The van der Waals surface area contributed by atoms with Crippen molar-refractivity contribution in [2.45, 2.75) is 32.6 Å². The van der Waals surface area contributed by atoms with Gasteiger partial charge in [0.05, 0.1) is 5.56 Å². The summed E-state index contributed by atoms with van der Waals surface area (Å²) in [7, 11) is 3.69. The van der Waals surface area contributed by atoms with Gasteiger partial charge in [-0.15, -0.1) is 0 Å². The Hall–Kier alpha value is -2.47. The largest absolute Gasteiger partial charge is 0.362 e. The lowest BCUT2D eigenvalue weighted by atomic mass is 10.1. The fraction of sp³-hybridized carbons (Fsp3) is 0.350. The van der Waals surface area contributed by atoms with Crippen LogP contribution in [0.15, 0.2) is 42.6 Å². The number of carbonyl (C=O) groups is 1. The van der Waals surface area contributed by atoms with Gasteiger partial charge in [-0.1, -0.05) is 31.9 Å². The number of benzene rings is 1. The van der Waals surface area contributed by atoms with E-state index in [1.54, 1.807) is 23.2 Å². The van der Waals surface area contributed by atoms with E-state index in [0.717, 1.165) is 12.1 Å². The van der Waals surface area contributed by atoms with Gasteiger partial charge in [-0.25, -0.2) is 4.98 Å². The number of aromatic nitrogens is 1. The summed E-state index contributed by atoms with van der Waals surface area (Å²) in [4.78, 5) is 18.5. The second-order valence-corrected chi connectivity index (χ2v) is 6.74. The average molecular weight is 371 g/mol. The number of rotatable bonds is 7. The van der Waals surface area contributed by atoms with Crippen LogP contribution in [0.4, 0.5) is 11.5 Å². The topological polar surface area (TPSA) is 57.3 Å². The zero-order valence-corrected chi connectivity index (χ0v) is 16.4. The molecule has 0 saturated carbocycles. The summed E-state index contributed by atoms with van der Waals surface area (Å²) in [6.45, 7) is 2.20. The van der Waals surface area contributed by atoms with E-state index in [-0.39, 0.29) is 11.0 Å². The fourth-order valence-electron chi connectivity index (χ4n) is 2.60. The molecule has 1 heterocycles. The predicted octanol–water partition coefficient (Wildman–Crippen LogP) is 4.01. The van der Waals surface area contributed by atoms with Crippen molar-refractivity contribution in [3.8, 4) is 0 Å². The van der Waals surface area contributed by atoms with Crippen LogP contribution in [0, 0.1) is 0 Å². The summed E-state index contributed by atoms with van der Waals surface area (Å²) in [5.41, 5.74) is 2.64. The summed E-state index contributed by atoms with van der Waals surface area (Å²) < 4.78 is 0. The minimum absolute atomic E-state index is 0.266. The Bertz CT molecular complexity index is 744. The van der Waals surface area contributed by atoms with E-state index in [4.69, 9.17) is 12.2 Å². The minimum atomic E-state index is -0.282. The van der Waals surface area contributed by atoms with Gasteiger partial charge in [0, 0.05) is 26.0 Å². The highest BCUT2D eigenvalue weighted by Crippen LogP contribution is 2.15. The number of amides is 1. The zero-order valence-electron chi connectivity index (χ0n) is 15.6. The van der Waals surface area contributed by atoms with Gasteiger partial charge in [-0.3, -0.25) is 10.1 Å². The van der Waals surface area contributed by atoms with E-state index >= 15 is 0 Å². The molecule has 2 N–H and O–H groups in total. The van der Waals surface area contributed by atoms with E-state index in [0.29, 0.717) is 11.4 Å². The van der Waals surface area contributed by atoms with Crippen molar-refractivity contribution < 1.29 is 4.79 Å². The van der Waals surface area contributed by atoms with Crippen LogP contribution in [0.5, 0.6) is 0 Å². The lowest BCUT2D eigenvalue weighted by molar-refractivity contribution is 0.0978. The van der Waals surface area contributed by atoms with Crippen LogP contribution in [-0.2, 0) is 6.42 Å². The SMILES string of the molecule is CCCCCc1ccc(NC(=S)NC(=O)c2cccnc2N(C)C)cc1. The molecule has 2 rings (SSSR count). The monoisotopic (exact) mass is 370 g/mol. The van der Waals surface area contributed by atoms with Crippen molar-refractivity contribution >= 4 is 34.7 Å². The third-order valence-electron chi connectivity index (χ3n) is 3.96. The van der Waals surface area contributed by atoms with Gasteiger partial charge in [0.25, 0.3) is 5.91 Å². The molecule has 0 saturated heterocycles. The van der Waals surface area contributed by atoms with Crippen molar-refractivity contribution in [2.24, 2.45) is 0 Å².